The summed E-state index contributed by atoms with van der Waals surface area (Å²) in [6, 6.07) is 0. The van der Waals surface area contributed by atoms with Crippen LogP contribution in [0.15, 0.2) is 0 Å². The van der Waals surface area contributed by atoms with Gasteiger partial charge in [-0.1, -0.05) is 0 Å². The molecule has 0 bridgehead atoms. The number of rotatable bonds is 0. The van der Waals surface area contributed by atoms with Crippen molar-refractivity contribution in [2.75, 3.05) is 13.2 Å². The fourth-order valence-electron chi connectivity index (χ4n) is 0.580. The summed E-state index contributed by atoms with van der Waals surface area (Å²) in [6.45, 7) is 0.586. The van der Waals surface area contributed by atoms with Crippen molar-refractivity contribution in [2.45, 2.75) is 19.3 Å². The van der Waals surface area contributed by atoms with Gasteiger partial charge in [0.05, 0.1) is 1.37 Å². The van der Waals surface area contributed by atoms with E-state index in [1.54, 1.807) is 0 Å². The summed E-state index contributed by atoms with van der Waals surface area (Å²) in [7, 11) is 0. The number of hydrogen-bond acceptors (Lipinski definition) is 1. The predicted octanol–water partition coefficient (Wildman–Crippen LogP) is 1.19. The summed E-state index contributed by atoms with van der Waals surface area (Å²) in [5, 5.41) is 0. The van der Waals surface area contributed by atoms with Crippen LogP contribution in [0.3, 0.4) is 0 Å². The maximum atomic E-state index is 7.05. The molecule has 1 heterocycles. The zero-order valence-corrected chi connectivity index (χ0v) is 3.81. The van der Waals surface area contributed by atoms with Crippen LogP contribution in [0.2, 0.25) is 0 Å². The van der Waals surface area contributed by atoms with Gasteiger partial charge in [0.15, 0.2) is 0 Å². The number of hydrogen-bond donors (Lipinski definition) is 0. The molecule has 0 N–H and O–H groups in total. The Hall–Kier alpha value is -0.0400. The minimum Gasteiger partial charge on any atom is -0.381 e. The van der Waals surface area contributed by atoms with E-state index in [9.17, 15) is 0 Å². The molecule has 0 amide bonds. The summed E-state index contributed by atoms with van der Waals surface area (Å²) >= 11 is 0. The highest BCUT2D eigenvalue weighted by molar-refractivity contribution is 4.45. The van der Waals surface area contributed by atoms with E-state index in [-0.39, 0.29) is 6.58 Å². The summed E-state index contributed by atoms with van der Waals surface area (Å²) in [5.41, 5.74) is 0. The number of ether oxygens (including phenoxy) is 1. The molecule has 1 nitrogen and oxygen atoms in total. The molecule has 1 aliphatic heterocycles. The van der Waals surface area contributed by atoms with Gasteiger partial charge in [-0.25, -0.2) is 0 Å². The average Bonchev–Trinajstić information content (AvgIpc) is 1.69. The lowest BCUT2D eigenvalue weighted by atomic mass is 10.2. The van der Waals surface area contributed by atoms with Gasteiger partial charge in [-0.2, -0.15) is 0 Å². The molecule has 1 saturated heterocycles. The van der Waals surface area contributed by atoms with Gasteiger partial charge >= 0.3 is 0 Å². The van der Waals surface area contributed by atoms with Crippen LogP contribution < -0.4 is 0 Å². The molecule has 0 saturated carbocycles. The maximum absolute atomic E-state index is 7.05. The van der Waals surface area contributed by atoms with E-state index in [1.165, 1.54) is 6.42 Å². The Bertz CT molecular complexity index is 50.0. The first-order valence-electron chi connectivity index (χ1n) is 3.01. The highest BCUT2D eigenvalue weighted by Crippen LogP contribution is 2.01. The second-order valence-electron chi connectivity index (χ2n) is 1.53. The Morgan fingerprint density at radius 3 is 2.67 bits per heavy atom. The third kappa shape index (κ3) is 0.977. The minimum atomic E-state index is -0.214. The van der Waals surface area contributed by atoms with Crippen molar-refractivity contribution in [3.8, 4) is 0 Å². The molecule has 1 heteroatoms. The summed E-state index contributed by atoms with van der Waals surface area (Å²) < 4.78 is 12.0. The van der Waals surface area contributed by atoms with Gasteiger partial charge in [-0.3, -0.25) is 0 Å². The van der Waals surface area contributed by atoms with Crippen molar-refractivity contribution in [1.29, 1.82) is 0 Å². The average molecular weight is 87.1 g/mol. The second-order valence-corrected chi connectivity index (χ2v) is 1.53. The minimum absolute atomic E-state index is 0.214. The highest BCUT2D eigenvalue weighted by Gasteiger charge is 1.94. The normalized spacial score (nSPS) is 38.7. The van der Waals surface area contributed by atoms with Gasteiger partial charge in [-0.05, 0) is 19.3 Å². The molecule has 0 aliphatic carbocycles. The second kappa shape index (κ2) is 2.19. The topological polar surface area (TPSA) is 9.23 Å². The standard InChI is InChI=1S/C5H10O/c1-2-4-6-5-3-1/h1-5H2/i4D. The van der Waals surface area contributed by atoms with Crippen LogP contribution >= 0.6 is 0 Å². The lowest BCUT2D eigenvalue weighted by molar-refractivity contribution is 0.0968. The molecule has 1 rings (SSSR count). The van der Waals surface area contributed by atoms with Crippen LogP contribution in [0.4, 0.5) is 0 Å². The summed E-state index contributed by atoms with van der Waals surface area (Å²) in [4.78, 5) is 0. The van der Waals surface area contributed by atoms with E-state index in [1.807, 2.05) is 0 Å². The van der Waals surface area contributed by atoms with E-state index < -0.39 is 0 Å². The Morgan fingerprint density at radius 2 is 2.33 bits per heavy atom. The first-order chi connectivity index (χ1) is 3.39. The van der Waals surface area contributed by atoms with Crippen LogP contribution in [-0.2, 0) is 4.74 Å². The van der Waals surface area contributed by atoms with Crippen molar-refractivity contribution in [1.82, 2.24) is 0 Å². The molecular formula is C5H10O. The van der Waals surface area contributed by atoms with Gasteiger partial charge in [0.2, 0.25) is 0 Å². The Morgan fingerprint density at radius 1 is 1.33 bits per heavy atom. The molecule has 6 heavy (non-hydrogen) atoms. The maximum Gasteiger partial charge on any atom is 0.0567 e. The van der Waals surface area contributed by atoms with E-state index in [2.05, 4.69) is 0 Å². The third-order valence-electron chi connectivity index (χ3n) is 0.952. The lowest BCUT2D eigenvalue weighted by Crippen LogP contribution is -2.03. The van der Waals surface area contributed by atoms with Crippen LogP contribution in [0.1, 0.15) is 20.6 Å². The molecule has 0 aromatic heterocycles. The van der Waals surface area contributed by atoms with Crippen LogP contribution in [0.5, 0.6) is 0 Å². The van der Waals surface area contributed by atoms with Gasteiger partial charge in [0, 0.05) is 13.2 Å². The lowest BCUT2D eigenvalue weighted by Gasteiger charge is -2.08. The van der Waals surface area contributed by atoms with Gasteiger partial charge in [0.1, 0.15) is 0 Å². The smallest absolute Gasteiger partial charge is 0.0567 e. The Labute approximate surface area is 39.7 Å². The first-order valence-corrected chi connectivity index (χ1v) is 2.43. The SMILES string of the molecule is [2H]C1CCCCO1. The zero-order valence-electron chi connectivity index (χ0n) is 4.81. The Balaban J connectivity index is 2.12. The Kier molecular flexibility index (Phi) is 1.10. The van der Waals surface area contributed by atoms with Crippen molar-refractivity contribution < 1.29 is 6.11 Å². The molecule has 1 fully saturated rings. The monoisotopic (exact) mass is 87.1 g/mol. The molecule has 0 aromatic rings. The fourth-order valence-corrected chi connectivity index (χ4v) is 0.580. The fraction of sp³-hybridized carbons (Fsp3) is 1.00. The molecule has 1 aliphatic rings. The zero-order chi connectivity index (χ0) is 5.11. The van der Waals surface area contributed by atoms with Crippen molar-refractivity contribution >= 4 is 0 Å². The van der Waals surface area contributed by atoms with Crippen molar-refractivity contribution in [3.63, 3.8) is 0 Å². The van der Waals surface area contributed by atoms with E-state index in [0.29, 0.717) is 0 Å². The van der Waals surface area contributed by atoms with Crippen molar-refractivity contribution in [2.24, 2.45) is 0 Å². The molecular weight excluding hydrogens is 76.1 g/mol. The van der Waals surface area contributed by atoms with Crippen molar-refractivity contribution in [3.05, 3.63) is 0 Å². The summed E-state index contributed by atoms with van der Waals surface area (Å²) in [6.07, 6.45) is 3.25. The third-order valence-corrected chi connectivity index (χ3v) is 0.952. The largest absolute Gasteiger partial charge is 0.381 e. The van der Waals surface area contributed by atoms with Gasteiger partial charge < -0.3 is 4.74 Å². The van der Waals surface area contributed by atoms with E-state index in [0.717, 1.165) is 19.4 Å². The molecule has 36 valence electrons. The summed E-state index contributed by atoms with van der Waals surface area (Å²) in [5.74, 6) is 0. The molecule has 0 radical (unpaired) electrons. The van der Waals surface area contributed by atoms with Crippen LogP contribution in [-0.4, -0.2) is 13.2 Å². The molecule has 1 unspecified atom stereocenters. The quantitative estimate of drug-likeness (QED) is 0.431. The van der Waals surface area contributed by atoms with Crippen LogP contribution in [0, 0.1) is 0 Å². The first kappa shape index (κ1) is 3.03. The van der Waals surface area contributed by atoms with Crippen LogP contribution in [0.25, 0.3) is 0 Å². The molecule has 1 atom stereocenters. The predicted molar refractivity (Wildman–Crippen MR) is 24.7 cm³/mol. The highest BCUT2D eigenvalue weighted by atomic mass is 16.5. The van der Waals surface area contributed by atoms with E-state index >= 15 is 0 Å². The molecule has 0 aromatic carbocycles. The van der Waals surface area contributed by atoms with Gasteiger partial charge in [0.25, 0.3) is 0 Å². The molecule has 0 spiro atoms. The van der Waals surface area contributed by atoms with Gasteiger partial charge in [-0.15, -0.1) is 0 Å². The van der Waals surface area contributed by atoms with E-state index in [4.69, 9.17) is 6.11 Å².